The van der Waals surface area contributed by atoms with Gasteiger partial charge < -0.3 is 10.6 Å². The molecular formula is C8H16N2O2. The molecule has 1 amide bonds. The van der Waals surface area contributed by atoms with E-state index in [0.29, 0.717) is 13.1 Å². The summed E-state index contributed by atoms with van der Waals surface area (Å²) in [6.45, 7) is 4.22. The fourth-order valence-electron chi connectivity index (χ4n) is 0.730. The summed E-state index contributed by atoms with van der Waals surface area (Å²) >= 11 is 0. The molecule has 0 saturated carbocycles. The summed E-state index contributed by atoms with van der Waals surface area (Å²) in [5, 5.41) is 0. The van der Waals surface area contributed by atoms with E-state index < -0.39 is 5.91 Å². The third-order valence-corrected chi connectivity index (χ3v) is 1.55. The maximum atomic E-state index is 11.2. The Morgan fingerprint density at radius 3 is 2.25 bits per heavy atom. The van der Waals surface area contributed by atoms with Gasteiger partial charge in [0.25, 0.3) is 5.91 Å². The van der Waals surface area contributed by atoms with E-state index in [2.05, 4.69) is 0 Å². The van der Waals surface area contributed by atoms with Crippen LogP contribution in [-0.2, 0) is 9.59 Å². The normalized spacial score (nSPS) is 10.1. The Kier molecular flexibility index (Phi) is 4.51. The summed E-state index contributed by atoms with van der Waals surface area (Å²) in [5.41, 5.74) is 5.24. The topological polar surface area (TPSA) is 63.4 Å². The Morgan fingerprint density at radius 1 is 1.42 bits per heavy atom. The molecule has 0 aliphatic rings. The summed E-state index contributed by atoms with van der Waals surface area (Å²) in [6.07, 6.45) is 0. The van der Waals surface area contributed by atoms with Crippen LogP contribution in [0.25, 0.3) is 0 Å². The van der Waals surface area contributed by atoms with E-state index >= 15 is 0 Å². The lowest BCUT2D eigenvalue weighted by atomic mass is 10.1. The average Bonchev–Trinajstić information content (AvgIpc) is 2.02. The number of rotatable bonds is 4. The molecule has 0 saturated heterocycles. The monoisotopic (exact) mass is 172 g/mol. The number of carbonyl (C=O) groups excluding carboxylic acids is 2. The van der Waals surface area contributed by atoms with Gasteiger partial charge in [0.2, 0.25) is 5.78 Å². The molecule has 0 aliphatic heterocycles. The Labute approximate surface area is 72.7 Å². The molecule has 0 atom stereocenters. The highest BCUT2D eigenvalue weighted by atomic mass is 16.2. The second-order valence-electron chi connectivity index (χ2n) is 3.03. The smallest absolute Gasteiger partial charge is 0.289 e. The molecule has 0 aromatic carbocycles. The van der Waals surface area contributed by atoms with Crippen molar-refractivity contribution in [3.05, 3.63) is 0 Å². The van der Waals surface area contributed by atoms with E-state index in [1.54, 1.807) is 20.9 Å². The lowest BCUT2D eigenvalue weighted by molar-refractivity contribution is -0.145. The van der Waals surface area contributed by atoms with Gasteiger partial charge in [0, 0.05) is 26.1 Å². The van der Waals surface area contributed by atoms with Crippen LogP contribution in [0.4, 0.5) is 0 Å². The van der Waals surface area contributed by atoms with Crippen molar-refractivity contribution in [2.24, 2.45) is 11.7 Å². The molecule has 0 fully saturated rings. The highest BCUT2D eigenvalue weighted by Gasteiger charge is 2.20. The van der Waals surface area contributed by atoms with Crippen LogP contribution >= 0.6 is 0 Å². The first-order chi connectivity index (χ1) is 5.50. The minimum atomic E-state index is -0.449. The molecule has 0 unspecified atom stereocenters. The highest BCUT2D eigenvalue weighted by molar-refractivity contribution is 6.36. The van der Waals surface area contributed by atoms with Crippen LogP contribution in [0.3, 0.4) is 0 Å². The van der Waals surface area contributed by atoms with Gasteiger partial charge in [-0.05, 0) is 0 Å². The Hall–Kier alpha value is -0.900. The van der Waals surface area contributed by atoms with Gasteiger partial charge in [0.1, 0.15) is 0 Å². The second-order valence-corrected chi connectivity index (χ2v) is 3.03. The van der Waals surface area contributed by atoms with Crippen molar-refractivity contribution in [2.75, 3.05) is 20.1 Å². The van der Waals surface area contributed by atoms with Crippen molar-refractivity contribution in [1.29, 1.82) is 0 Å². The van der Waals surface area contributed by atoms with Crippen molar-refractivity contribution in [3.8, 4) is 0 Å². The molecule has 12 heavy (non-hydrogen) atoms. The number of Topliss-reactive ketones (excluding diaryl/α,β-unsaturated/α-hetero) is 1. The maximum absolute atomic E-state index is 11.2. The maximum Gasteiger partial charge on any atom is 0.289 e. The van der Waals surface area contributed by atoms with Gasteiger partial charge >= 0.3 is 0 Å². The average molecular weight is 172 g/mol. The van der Waals surface area contributed by atoms with Crippen LogP contribution in [0.5, 0.6) is 0 Å². The van der Waals surface area contributed by atoms with Gasteiger partial charge in [-0.3, -0.25) is 9.59 Å². The van der Waals surface area contributed by atoms with Gasteiger partial charge in [-0.25, -0.2) is 0 Å². The number of ketones is 1. The van der Waals surface area contributed by atoms with Crippen molar-refractivity contribution >= 4 is 11.7 Å². The first-order valence-corrected chi connectivity index (χ1v) is 4.00. The quantitative estimate of drug-likeness (QED) is 0.588. The fraction of sp³-hybridized carbons (Fsp3) is 0.750. The molecule has 0 aromatic heterocycles. The number of carbonyl (C=O) groups is 2. The first-order valence-electron chi connectivity index (χ1n) is 4.00. The van der Waals surface area contributed by atoms with Gasteiger partial charge in [0.15, 0.2) is 0 Å². The van der Waals surface area contributed by atoms with Crippen LogP contribution in [0.2, 0.25) is 0 Å². The van der Waals surface area contributed by atoms with E-state index in [-0.39, 0.29) is 11.7 Å². The number of likely N-dealkylation sites (N-methyl/N-ethyl adjacent to an activating group) is 1. The number of nitrogens with two attached hydrogens (primary N) is 1. The highest BCUT2D eigenvalue weighted by Crippen LogP contribution is 1.97. The predicted octanol–water partition coefficient (Wildman–Crippen LogP) is -0.371. The molecule has 0 rings (SSSR count). The van der Waals surface area contributed by atoms with Crippen molar-refractivity contribution in [2.45, 2.75) is 13.8 Å². The third-order valence-electron chi connectivity index (χ3n) is 1.55. The van der Waals surface area contributed by atoms with E-state index in [1.165, 1.54) is 4.90 Å². The molecule has 2 N–H and O–H groups in total. The zero-order chi connectivity index (χ0) is 9.72. The van der Waals surface area contributed by atoms with E-state index in [9.17, 15) is 9.59 Å². The molecule has 0 aromatic rings. The molecule has 0 heterocycles. The molecule has 0 bridgehead atoms. The SMILES string of the molecule is CC(C)C(=O)C(=O)N(C)CCN. The Bertz CT molecular complexity index is 178. The van der Waals surface area contributed by atoms with E-state index in [1.807, 2.05) is 0 Å². The zero-order valence-electron chi connectivity index (χ0n) is 7.83. The van der Waals surface area contributed by atoms with E-state index in [4.69, 9.17) is 5.73 Å². The molecular weight excluding hydrogens is 156 g/mol. The summed E-state index contributed by atoms with van der Waals surface area (Å²) in [7, 11) is 1.58. The number of hydrogen-bond donors (Lipinski definition) is 1. The van der Waals surface area contributed by atoms with Crippen LogP contribution in [0.1, 0.15) is 13.8 Å². The summed E-state index contributed by atoms with van der Waals surface area (Å²) in [4.78, 5) is 23.7. The van der Waals surface area contributed by atoms with Gasteiger partial charge in [-0.1, -0.05) is 13.8 Å². The second kappa shape index (κ2) is 4.87. The lowest BCUT2D eigenvalue weighted by Crippen LogP contribution is -2.38. The first kappa shape index (κ1) is 11.1. The van der Waals surface area contributed by atoms with Crippen molar-refractivity contribution in [3.63, 3.8) is 0 Å². The molecule has 0 radical (unpaired) electrons. The molecule has 4 heteroatoms. The number of hydrogen-bond acceptors (Lipinski definition) is 3. The van der Waals surface area contributed by atoms with Crippen molar-refractivity contribution < 1.29 is 9.59 Å². The van der Waals surface area contributed by atoms with Crippen LogP contribution in [0.15, 0.2) is 0 Å². The Balaban J connectivity index is 4.10. The standard InChI is InChI=1S/C8H16N2O2/c1-6(2)7(11)8(12)10(3)5-4-9/h6H,4-5,9H2,1-3H3. The number of nitrogens with zero attached hydrogens (tertiary/aromatic N) is 1. The lowest BCUT2D eigenvalue weighted by Gasteiger charge is -2.15. The summed E-state index contributed by atoms with van der Waals surface area (Å²) < 4.78 is 0. The molecule has 4 nitrogen and oxygen atoms in total. The third kappa shape index (κ3) is 3.00. The van der Waals surface area contributed by atoms with Crippen LogP contribution in [-0.4, -0.2) is 36.7 Å². The minimum Gasteiger partial charge on any atom is -0.338 e. The molecule has 70 valence electrons. The van der Waals surface area contributed by atoms with E-state index in [0.717, 1.165) is 0 Å². The predicted molar refractivity (Wildman–Crippen MR) is 46.5 cm³/mol. The van der Waals surface area contributed by atoms with Crippen LogP contribution < -0.4 is 5.73 Å². The molecule has 0 spiro atoms. The van der Waals surface area contributed by atoms with Gasteiger partial charge in [0.05, 0.1) is 0 Å². The Morgan fingerprint density at radius 2 is 1.92 bits per heavy atom. The molecule has 0 aliphatic carbocycles. The minimum absolute atomic E-state index is 0.238. The summed E-state index contributed by atoms with van der Waals surface area (Å²) in [5.74, 6) is -1.04. The fourth-order valence-corrected chi connectivity index (χ4v) is 0.730. The van der Waals surface area contributed by atoms with Gasteiger partial charge in [-0.2, -0.15) is 0 Å². The largest absolute Gasteiger partial charge is 0.338 e. The van der Waals surface area contributed by atoms with Crippen molar-refractivity contribution in [1.82, 2.24) is 4.90 Å². The zero-order valence-corrected chi connectivity index (χ0v) is 7.83. The van der Waals surface area contributed by atoms with Gasteiger partial charge in [-0.15, -0.1) is 0 Å². The summed E-state index contributed by atoms with van der Waals surface area (Å²) in [6, 6.07) is 0. The van der Waals surface area contributed by atoms with Crippen LogP contribution in [0, 0.1) is 5.92 Å². The number of amides is 1.